The molecule has 1 aromatic heterocycles. The number of aromatic nitrogens is 2. The number of methoxy groups -OCH3 is 1. The molecule has 1 heterocycles. The van der Waals surface area contributed by atoms with Crippen LogP contribution in [0, 0.1) is 11.2 Å². The van der Waals surface area contributed by atoms with Gasteiger partial charge in [-0.15, -0.1) is 0 Å². The van der Waals surface area contributed by atoms with Crippen LogP contribution in [0.5, 0.6) is 5.75 Å². The van der Waals surface area contributed by atoms with Crippen molar-refractivity contribution in [3.05, 3.63) is 17.9 Å². The van der Waals surface area contributed by atoms with E-state index in [1.807, 2.05) is 0 Å². The van der Waals surface area contributed by atoms with Gasteiger partial charge in [0.05, 0.1) is 23.6 Å². The highest BCUT2D eigenvalue weighted by atomic mass is 19.1. The normalized spacial score (nSPS) is 11.8. The maximum atomic E-state index is 13.6. The van der Waals surface area contributed by atoms with Crippen molar-refractivity contribution in [2.24, 2.45) is 11.1 Å². The second-order valence-electron chi connectivity index (χ2n) is 5.28. The lowest BCUT2D eigenvalue weighted by molar-refractivity contribution is -0.126. The van der Waals surface area contributed by atoms with Crippen LogP contribution in [0.4, 0.5) is 10.3 Å². The largest absolute Gasteiger partial charge is 0.494 e. The first-order chi connectivity index (χ1) is 9.26. The Kier molecular flexibility index (Phi) is 3.29. The Balaban J connectivity index is 2.58. The summed E-state index contributed by atoms with van der Waals surface area (Å²) in [6.45, 7) is 3.67. The minimum atomic E-state index is -0.802. The van der Waals surface area contributed by atoms with Crippen molar-refractivity contribution in [1.29, 1.82) is 0 Å². The van der Waals surface area contributed by atoms with Gasteiger partial charge in [0.25, 0.3) is 0 Å². The van der Waals surface area contributed by atoms with E-state index in [1.165, 1.54) is 19.2 Å². The Morgan fingerprint density at radius 1 is 1.50 bits per heavy atom. The number of imidazole rings is 1. The number of halogens is 1. The topological polar surface area (TPSA) is 96.2 Å². The smallest absolute Gasteiger partial charge is 0.224 e. The lowest BCUT2D eigenvalue weighted by Gasteiger charge is -2.22. The molecule has 0 atom stereocenters. The summed E-state index contributed by atoms with van der Waals surface area (Å²) in [6, 6.07) is 2.75. The molecule has 0 fully saturated rings. The minimum absolute atomic E-state index is 0.0931. The molecule has 6 nitrogen and oxygen atoms in total. The van der Waals surface area contributed by atoms with Gasteiger partial charge in [0.1, 0.15) is 0 Å². The molecule has 2 rings (SSSR count). The quantitative estimate of drug-likeness (QED) is 0.881. The average molecular weight is 280 g/mol. The van der Waals surface area contributed by atoms with Crippen LogP contribution >= 0.6 is 0 Å². The summed E-state index contributed by atoms with van der Waals surface area (Å²) in [5.41, 5.74) is 11.4. The lowest BCUT2D eigenvalue weighted by Crippen LogP contribution is -2.35. The molecule has 0 aliphatic heterocycles. The number of carbonyl (C=O) groups excluding carboxylic acids is 1. The number of anilines is 1. The fraction of sp³-hybridized carbons (Fsp3) is 0.385. The lowest BCUT2D eigenvalue weighted by atomic mass is 9.92. The standard InChI is InChI=1S/C13H17FN4O2/c1-13(2,11(15)19)6-18-9-5-10(20-3)7(14)4-8(9)17-12(18)16/h4-5H,6H2,1-3H3,(H2,15,19)(H2,16,17). The van der Waals surface area contributed by atoms with Gasteiger partial charge in [0.2, 0.25) is 11.9 Å². The highest BCUT2D eigenvalue weighted by Gasteiger charge is 2.27. The molecule has 1 amide bonds. The molecule has 2 aromatic rings. The van der Waals surface area contributed by atoms with E-state index in [2.05, 4.69) is 4.98 Å². The van der Waals surface area contributed by atoms with Crippen LogP contribution in [-0.2, 0) is 11.3 Å². The predicted molar refractivity (Wildman–Crippen MR) is 73.6 cm³/mol. The number of nitrogens with zero attached hydrogens (tertiary/aromatic N) is 2. The molecule has 1 aromatic carbocycles. The Morgan fingerprint density at radius 3 is 2.70 bits per heavy atom. The minimum Gasteiger partial charge on any atom is -0.494 e. The molecule has 0 unspecified atom stereocenters. The number of nitrogen functional groups attached to an aromatic ring is 1. The molecule has 20 heavy (non-hydrogen) atoms. The van der Waals surface area contributed by atoms with Gasteiger partial charge in [-0.2, -0.15) is 0 Å². The fourth-order valence-electron chi connectivity index (χ4n) is 1.94. The highest BCUT2D eigenvalue weighted by molar-refractivity contribution is 5.82. The zero-order chi connectivity index (χ0) is 15.1. The van der Waals surface area contributed by atoms with E-state index in [0.717, 1.165) is 0 Å². The van der Waals surface area contributed by atoms with E-state index in [9.17, 15) is 9.18 Å². The molecule has 7 heteroatoms. The summed E-state index contributed by atoms with van der Waals surface area (Å²) < 4.78 is 20.2. The number of amides is 1. The summed E-state index contributed by atoms with van der Waals surface area (Å²) in [5.74, 6) is -0.677. The molecule has 4 N–H and O–H groups in total. The van der Waals surface area contributed by atoms with Crippen molar-refractivity contribution in [2.75, 3.05) is 12.8 Å². The number of benzene rings is 1. The second kappa shape index (κ2) is 4.66. The molecule has 0 bridgehead atoms. The average Bonchev–Trinajstić information content (AvgIpc) is 2.63. The van der Waals surface area contributed by atoms with E-state index < -0.39 is 17.1 Å². The third kappa shape index (κ3) is 2.26. The van der Waals surface area contributed by atoms with Crippen LogP contribution in [0.3, 0.4) is 0 Å². The molecular weight excluding hydrogens is 263 g/mol. The van der Waals surface area contributed by atoms with Crippen LogP contribution in [0.1, 0.15) is 13.8 Å². The molecule has 0 aliphatic rings. The molecule has 0 spiro atoms. The maximum Gasteiger partial charge on any atom is 0.224 e. The van der Waals surface area contributed by atoms with Crippen molar-refractivity contribution in [2.45, 2.75) is 20.4 Å². The van der Waals surface area contributed by atoms with E-state index in [1.54, 1.807) is 18.4 Å². The summed E-state index contributed by atoms with van der Waals surface area (Å²) in [5, 5.41) is 0. The molecule has 108 valence electrons. The first-order valence-electron chi connectivity index (χ1n) is 6.05. The summed E-state index contributed by atoms with van der Waals surface area (Å²) >= 11 is 0. The van der Waals surface area contributed by atoms with Gasteiger partial charge >= 0.3 is 0 Å². The molecule has 0 saturated carbocycles. The van der Waals surface area contributed by atoms with Crippen LogP contribution in [-0.4, -0.2) is 22.6 Å². The molecule has 0 radical (unpaired) electrons. The van der Waals surface area contributed by atoms with Gasteiger partial charge in [-0.1, -0.05) is 0 Å². The SMILES string of the molecule is COc1cc2c(cc1F)nc(N)n2CC(C)(C)C(N)=O. The monoisotopic (exact) mass is 280 g/mol. The number of carbonyl (C=O) groups is 1. The van der Waals surface area contributed by atoms with E-state index in [0.29, 0.717) is 11.0 Å². The van der Waals surface area contributed by atoms with E-state index >= 15 is 0 Å². The van der Waals surface area contributed by atoms with Crippen LogP contribution in [0.15, 0.2) is 12.1 Å². The molecule has 0 aliphatic carbocycles. The molecule has 0 saturated heterocycles. The van der Waals surface area contributed by atoms with Crippen LogP contribution < -0.4 is 16.2 Å². The zero-order valence-electron chi connectivity index (χ0n) is 11.6. The van der Waals surface area contributed by atoms with Gasteiger partial charge in [-0.25, -0.2) is 9.37 Å². The van der Waals surface area contributed by atoms with Crippen LogP contribution in [0.25, 0.3) is 11.0 Å². The Labute approximate surface area is 115 Å². The predicted octanol–water partition coefficient (Wildman–Crippen LogP) is 1.28. The Morgan fingerprint density at radius 2 is 2.15 bits per heavy atom. The number of rotatable bonds is 4. The Hall–Kier alpha value is -2.31. The summed E-state index contributed by atoms with van der Waals surface area (Å²) in [7, 11) is 1.38. The van der Waals surface area contributed by atoms with Crippen molar-refractivity contribution >= 4 is 22.9 Å². The van der Waals surface area contributed by atoms with Crippen molar-refractivity contribution in [3.63, 3.8) is 0 Å². The fourth-order valence-corrected chi connectivity index (χ4v) is 1.94. The van der Waals surface area contributed by atoms with Gasteiger partial charge in [-0.3, -0.25) is 4.79 Å². The summed E-state index contributed by atoms with van der Waals surface area (Å²) in [4.78, 5) is 15.5. The van der Waals surface area contributed by atoms with Gasteiger partial charge in [0, 0.05) is 18.7 Å². The summed E-state index contributed by atoms with van der Waals surface area (Å²) in [6.07, 6.45) is 0. The van der Waals surface area contributed by atoms with Gasteiger partial charge < -0.3 is 20.8 Å². The Bertz CT molecular complexity index is 679. The number of fused-ring (bicyclic) bond motifs is 1. The number of ether oxygens (including phenoxy) is 1. The third-order valence-electron chi connectivity index (χ3n) is 3.27. The highest BCUT2D eigenvalue weighted by Crippen LogP contribution is 2.29. The van der Waals surface area contributed by atoms with E-state index in [-0.39, 0.29) is 18.2 Å². The number of nitrogens with two attached hydrogens (primary N) is 2. The first-order valence-corrected chi connectivity index (χ1v) is 6.05. The van der Waals surface area contributed by atoms with Crippen LogP contribution in [0.2, 0.25) is 0 Å². The van der Waals surface area contributed by atoms with Gasteiger partial charge in [0.15, 0.2) is 11.6 Å². The third-order valence-corrected chi connectivity index (χ3v) is 3.27. The number of hydrogen-bond donors (Lipinski definition) is 2. The van der Waals surface area contributed by atoms with Crippen molar-refractivity contribution in [3.8, 4) is 5.75 Å². The van der Waals surface area contributed by atoms with Crippen molar-refractivity contribution in [1.82, 2.24) is 9.55 Å². The molecular formula is C13H17FN4O2. The zero-order valence-corrected chi connectivity index (χ0v) is 11.6. The first kappa shape index (κ1) is 14.1. The number of hydrogen-bond acceptors (Lipinski definition) is 4. The second-order valence-corrected chi connectivity index (χ2v) is 5.28. The van der Waals surface area contributed by atoms with E-state index in [4.69, 9.17) is 16.2 Å². The van der Waals surface area contributed by atoms with Crippen molar-refractivity contribution < 1.29 is 13.9 Å². The maximum absolute atomic E-state index is 13.6. The number of primary amides is 1. The van der Waals surface area contributed by atoms with Gasteiger partial charge in [-0.05, 0) is 13.8 Å².